The van der Waals surface area contributed by atoms with Gasteiger partial charge in [-0.15, -0.1) is 0 Å². The van der Waals surface area contributed by atoms with Crippen LogP contribution in [0.15, 0.2) is 42.7 Å². The second kappa shape index (κ2) is 9.26. The van der Waals surface area contributed by atoms with E-state index < -0.39 is 29.0 Å². The largest absolute Gasteiger partial charge is 0.467 e. The van der Waals surface area contributed by atoms with Crippen LogP contribution in [0.1, 0.15) is 47.6 Å². The van der Waals surface area contributed by atoms with Gasteiger partial charge in [-0.1, -0.05) is 0 Å². The normalized spacial score (nSPS) is 19.6. The van der Waals surface area contributed by atoms with E-state index in [1.54, 1.807) is 10.7 Å². The number of carbonyl (C=O) groups excluding carboxylic acids is 2. The predicted octanol–water partition coefficient (Wildman–Crippen LogP) is 2.98. The predicted molar refractivity (Wildman–Crippen MR) is 125 cm³/mol. The van der Waals surface area contributed by atoms with Gasteiger partial charge >= 0.3 is 5.97 Å². The maximum Gasteiger partial charge on any atom is 0.331 e. The zero-order valence-corrected chi connectivity index (χ0v) is 19.4. The van der Waals surface area contributed by atoms with Gasteiger partial charge in [0, 0.05) is 24.0 Å². The lowest BCUT2D eigenvalue weighted by molar-refractivity contribution is -0.149. The molecule has 2 saturated heterocycles. The molecule has 2 aromatic heterocycles. The van der Waals surface area contributed by atoms with Crippen molar-refractivity contribution in [2.45, 2.75) is 37.3 Å². The highest BCUT2D eigenvalue weighted by molar-refractivity contribution is 6.03. The van der Waals surface area contributed by atoms with E-state index in [-0.39, 0.29) is 6.04 Å². The van der Waals surface area contributed by atoms with Crippen molar-refractivity contribution in [2.24, 2.45) is 0 Å². The molecule has 0 saturated carbocycles. The number of fused-ring (bicyclic) bond motifs is 1. The number of pyridine rings is 1. The number of anilines is 1. The first-order valence-corrected chi connectivity index (χ1v) is 11.7. The van der Waals surface area contributed by atoms with Crippen molar-refractivity contribution in [3.05, 3.63) is 65.5 Å². The first kappa shape index (κ1) is 23.2. The van der Waals surface area contributed by atoms with Gasteiger partial charge in [0.2, 0.25) is 0 Å². The summed E-state index contributed by atoms with van der Waals surface area (Å²) in [5, 5.41) is 10.4. The van der Waals surface area contributed by atoms with E-state index in [2.05, 4.69) is 15.7 Å². The Balaban J connectivity index is 1.46. The maximum atomic E-state index is 14.5. The lowest BCUT2D eigenvalue weighted by Crippen LogP contribution is -2.59. The average molecular weight is 484 g/mol. The molecule has 8 nitrogen and oxygen atoms in total. The number of ether oxygens (including phenoxy) is 1. The van der Waals surface area contributed by atoms with Gasteiger partial charge in [0.05, 0.1) is 30.4 Å². The highest BCUT2D eigenvalue weighted by Gasteiger charge is 2.42. The molecule has 184 valence electrons. The van der Waals surface area contributed by atoms with Crippen molar-refractivity contribution in [3.8, 4) is 0 Å². The molecule has 0 radical (unpaired) electrons. The molecule has 2 aliphatic rings. The van der Waals surface area contributed by atoms with Gasteiger partial charge in [-0.3, -0.25) is 4.79 Å². The van der Waals surface area contributed by atoms with Crippen LogP contribution in [-0.4, -0.2) is 53.8 Å². The number of benzene rings is 1. The molecule has 0 unspecified atom stereocenters. The van der Waals surface area contributed by atoms with E-state index >= 15 is 0 Å². The van der Waals surface area contributed by atoms with Crippen LogP contribution in [-0.2, 0) is 9.53 Å². The average Bonchev–Trinajstić information content (AvgIpc) is 3.52. The lowest BCUT2D eigenvalue weighted by atomic mass is 9.88. The molecule has 2 aliphatic heterocycles. The van der Waals surface area contributed by atoms with Crippen molar-refractivity contribution in [1.29, 1.82) is 0 Å². The van der Waals surface area contributed by atoms with Crippen LogP contribution in [0, 0.1) is 11.6 Å². The summed E-state index contributed by atoms with van der Waals surface area (Å²) in [4.78, 5) is 27.9. The van der Waals surface area contributed by atoms with Gasteiger partial charge in [0.1, 0.15) is 17.2 Å². The molecule has 3 aromatic rings. The van der Waals surface area contributed by atoms with E-state index in [1.165, 1.54) is 19.4 Å². The Bertz CT molecular complexity index is 1270. The fourth-order valence-electron chi connectivity index (χ4n) is 5.21. The number of aromatic nitrogens is 2. The number of carbonyl (C=O) groups is 2. The highest BCUT2D eigenvalue weighted by Crippen LogP contribution is 2.38. The Morgan fingerprint density at radius 2 is 2.00 bits per heavy atom. The van der Waals surface area contributed by atoms with Gasteiger partial charge in [-0.25, -0.2) is 18.1 Å². The monoisotopic (exact) mass is 483 g/mol. The third kappa shape index (κ3) is 4.22. The summed E-state index contributed by atoms with van der Waals surface area (Å²) in [6.07, 6.45) is 5.56. The summed E-state index contributed by atoms with van der Waals surface area (Å²) in [7, 11) is 1.31. The Morgan fingerprint density at radius 1 is 1.20 bits per heavy atom. The number of amides is 1. The summed E-state index contributed by atoms with van der Waals surface area (Å²) in [6.45, 7) is 1.84. The van der Waals surface area contributed by atoms with Gasteiger partial charge < -0.3 is 20.3 Å². The Hall–Kier alpha value is -3.53. The van der Waals surface area contributed by atoms with Crippen molar-refractivity contribution >= 4 is 23.1 Å². The molecule has 0 bridgehead atoms. The number of nitrogens with one attached hydrogen (secondary N) is 2. The molecule has 1 amide bonds. The second-order valence-electron chi connectivity index (χ2n) is 9.07. The Labute approximate surface area is 201 Å². The molecule has 10 heteroatoms. The SMILES string of the molecule is COC(=O)C1(NC(=O)c2cnn3ccc(N4CCC[C@@H]4c4cc(F)ccc4F)cc23)CCNCC1. The molecule has 2 N–H and O–H groups in total. The van der Waals surface area contributed by atoms with Crippen LogP contribution in [0.25, 0.3) is 5.52 Å². The second-order valence-corrected chi connectivity index (χ2v) is 9.07. The maximum absolute atomic E-state index is 14.5. The van der Waals surface area contributed by atoms with E-state index in [0.717, 1.165) is 24.2 Å². The first-order valence-electron chi connectivity index (χ1n) is 11.7. The van der Waals surface area contributed by atoms with Crippen LogP contribution < -0.4 is 15.5 Å². The fraction of sp³-hybridized carbons (Fsp3) is 0.400. The summed E-state index contributed by atoms with van der Waals surface area (Å²) in [5.41, 5.74) is 0.876. The van der Waals surface area contributed by atoms with E-state index in [0.29, 0.717) is 55.5 Å². The van der Waals surface area contributed by atoms with Gasteiger partial charge in [0.15, 0.2) is 0 Å². The van der Waals surface area contributed by atoms with Crippen LogP contribution in [0.5, 0.6) is 0 Å². The third-order valence-electron chi connectivity index (χ3n) is 7.04. The number of rotatable bonds is 5. The number of halogens is 2. The number of hydrogen-bond acceptors (Lipinski definition) is 6. The van der Waals surface area contributed by atoms with Gasteiger partial charge in [-0.05, 0) is 69.1 Å². The van der Waals surface area contributed by atoms with E-state index in [4.69, 9.17) is 4.74 Å². The van der Waals surface area contributed by atoms with Crippen LogP contribution >= 0.6 is 0 Å². The van der Waals surface area contributed by atoms with Crippen molar-refractivity contribution < 1.29 is 23.1 Å². The van der Waals surface area contributed by atoms with Crippen molar-refractivity contribution in [3.63, 3.8) is 0 Å². The summed E-state index contributed by atoms with van der Waals surface area (Å²) < 4.78 is 35.0. The molecule has 1 atom stereocenters. The number of hydrogen-bond donors (Lipinski definition) is 2. The zero-order chi connectivity index (χ0) is 24.6. The summed E-state index contributed by atoms with van der Waals surface area (Å²) in [6, 6.07) is 6.88. The molecule has 2 fully saturated rings. The Kier molecular flexibility index (Phi) is 6.14. The number of piperidine rings is 1. The molecule has 5 rings (SSSR count). The Morgan fingerprint density at radius 3 is 2.77 bits per heavy atom. The standard InChI is InChI=1S/C25H27F2N5O3/c1-35-24(34)25(7-9-28-10-8-25)30-23(33)19-15-29-32-12-6-17(14-22(19)32)31-11-2-3-21(31)18-13-16(26)4-5-20(18)27/h4-6,12-15,21,28H,2-3,7-11H2,1H3,(H,30,33)/t21-/m1/s1. The number of nitrogens with zero attached hydrogens (tertiary/aromatic N) is 3. The quantitative estimate of drug-likeness (QED) is 0.543. The zero-order valence-electron chi connectivity index (χ0n) is 19.4. The van der Waals surface area contributed by atoms with E-state index in [9.17, 15) is 18.4 Å². The number of esters is 1. The molecule has 1 aromatic carbocycles. The molecule has 35 heavy (non-hydrogen) atoms. The van der Waals surface area contributed by atoms with E-state index in [1.807, 2.05) is 17.0 Å². The summed E-state index contributed by atoms with van der Waals surface area (Å²) >= 11 is 0. The van der Waals surface area contributed by atoms with Gasteiger partial charge in [0.25, 0.3) is 5.91 Å². The van der Waals surface area contributed by atoms with Crippen LogP contribution in [0.2, 0.25) is 0 Å². The van der Waals surface area contributed by atoms with Crippen LogP contribution in [0.4, 0.5) is 14.5 Å². The summed E-state index contributed by atoms with van der Waals surface area (Å²) in [5.74, 6) is -1.81. The highest BCUT2D eigenvalue weighted by atomic mass is 19.1. The molecular weight excluding hydrogens is 456 g/mol. The molecule has 0 spiro atoms. The topological polar surface area (TPSA) is 88.0 Å². The minimum atomic E-state index is -1.10. The van der Waals surface area contributed by atoms with Crippen molar-refractivity contribution in [1.82, 2.24) is 20.2 Å². The van der Waals surface area contributed by atoms with Gasteiger partial charge in [-0.2, -0.15) is 5.10 Å². The third-order valence-corrected chi connectivity index (χ3v) is 7.04. The smallest absolute Gasteiger partial charge is 0.331 e. The fourth-order valence-corrected chi connectivity index (χ4v) is 5.21. The minimum Gasteiger partial charge on any atom is -0.467 e. The first-order chi connectivity index (χ1) is 16.9. The molecule has 0 aliphatic carbocycles. The molecular formula is C25H27F2N5O3. The van der Waals surface area contributed by atoms with Crippen LogP contribution in [0.3, 0.4) is 0 Å². The lowest BCUT2D eigenvalue weighted by Gasteiger charge is -2.35. The van der Waals surface area contributed by atoms with Crippen molar-refractivity contribution in [2.75, 3.05) is 31.6 Å². The minimum absolute atomic E-state index is 0.314. The number of methoxy groups -OCH3 is 1. The molecule has 4 heterocycles.